The van der Waals surface area contributed by atoms with Crippen LogP contribution in [0.2, 0.25) is 0 Å². The zero-order valence-corrected chi connectivity index (χ0v) is 10.7. The van der Waals surface area contributed by atoms with Gasteiger partial charge in [-0.15, -0.1) is 21.5 Å². The first kappa shape index (κ1) is 10.1. The van der Waals surface area contributed by atoms with Gasteiger partial charge in [-0.2, -0.15) is 0 Å². The molecule has 14 heavy (non-hydrogen) atoms. The lowest BCUT2D eigenvalue weighted by atomic mass is 10.3. The Balaban J connectivity index is 1.94. The van der Waals surface area contributed by atoms with E-state index in [0.29, 0.717) is 0 Å². The summed E-state index contributed by atoms with van der Waals surface area (Å²) >= 11 is 6.53. The number of aryl methyl sites for hydroxylation is 1. The van der Waals surface area contributed by atoms with Crippen molar-refractivity contribution in [3.63, 3.8) is 0 Å². The van der Waals surface area contributed by atoms with Crippen LogP contribution in [0.4, 0.5) is 5.13 Å². The summed E-state index contributed by atoms with van der Waals surface area (Å²) in [6.45, 7) is 2.92. The molecule has 0 saturated heterocycles. The van der Waals surface area contributed by atoms with Crippen LogP contribution in [0, 0.1) is 6.92 Å². The highest BCUT2D eigenvalue weighted by Crippen LogP contribution is 2.21. The molecule has 0 saturated carbocycles. The van der Waals surface area contributed by atoms with E-state index in [2.05, 4.69) is 49.8 Å². The quantitative estimate of drug-likeness (QED) is 0.942. The Morgan fingerprint density at radius 1 is 1.50 bits per heavy atom. The summed E-state index contributed by atoms with van der Waals surface area (Å²) in [6.07, 6.45) is 0. The van der Waals surface area contributed by atoms with Gasteiger partial charge in [0.15, 0.2) is 3.92 Å². The number of nitrogens with one attached hydrogen (secondary N) is 1. The maximum Gasteiger partial charge on any atom is 0.206 e. The van der Waals surface area contributed by atoms with Gasteiger partial charge < -0.3 is 5.32 Å². The highest BCUT2D eigenvalue weighted by atomic mass is 79.9. The number of nitrogens with zero attached hydrogens (tertiary/aromatic N) is 2. The molecule has 0 aliphatic carbocycles. The molecule has 74 valence electrons. The maximum absolute atomic E-state index is 3.95. The standard InChI is InChI=1S/C8H8BrN3S2/c1-5-2-6(13-4-5)3-10-8-12-11-7(9)14-8/h2,4H,3H2,1H3,(H,10,12). The third-order valence-corrected chi connectivity index (χ3v) is 3.97. The van der Waals surface area contributed by atoms with Crippen molar-refractivity contribution < 1.29 is 0 Å². The van der Waals surface area contributed by atoms with Gasteiger partial charge in [0.05, 0.1) is 6.54 Å². The molecule has 2 aromatic rings. The molecule has 0 bridgehead atoms. The molecule has 3 nitrogen and oxygen atoms in total. The molecule has 0 aliphatic heterocycles. The van der Waals surface area contributed by atoms with Gasteiger partial charge in [-0.05, 0) is 39.9 Å². The Morgan fingerprint density at radius 3 is 2.93 bits per heavy atom. The van der Waals surface area contributed by atoms with E-state index in [4.69, 9.17) is 0 Å². The lowest BCUT2D eigenvalue weighted by Gasteiger charge is -1.97. The van der Waals surface area contributed by atoms with Gasteiger partial charge in [-0.3, -0.25) is 0 Å². The molecular formula is C8H8BrN3S2. The summed E-state index contributed by atoms with van der Waals surface area (Å²) < 4.78 is 0.808. The monoisotopic (exact) mass is 289 g/mol. The van der Waals surface area contributed by atoms with Gasteiger partial charge in [-0.25, -0.2) is 0 Å². The topological polar surface area (TPSA) is 37.8 Å². The predicted molar refractivity (Wildman–Crippen MR) is 64.0 cm³/mol. The van der Waals surface area contributed by atoms with Crippen LogP contribution in [-0.4, -0.2) is 10.2 Å². The normalized spacial score (nSPS) is 10.4. The predicted octanol–water partition coefficient (Wildman–Crippen LogP) is 3.28. The smallest absolute Gasteiger partial charge is 0.206 e. The number of halogens is 1. The zero-order chi connectivity index (χ0) is 9.97. The minimum absolute atomic E-state index is 0.808. The third-order valence-electron chi connectivity index (χ3n) is 1.60. The highest BCUT2D eigenvalue weighted by Gasteiger charge is 2.01. The van der Waals surface area contributed by atoms with E-state index in [-0.39, 0.29) is 0 Å². The van der Waals surface area contributed by atoms with Gasteiger partial charge in [-0.1, -0.05) is 11.3 Å². The minimum atomic E-state index is 0.808. The molecule has 0 spiro atoms. The Hall–Kier alpha value is -0.460. The molecule has 0 atom stereocenters. The van der Waals surface area contributed by atoms with Crippen molar-refractivity contribution in [2.24, 2.45) is 0 Å². The molecular weight excluding hydrogens is 282 g/mol. The fourth-order valence-electron chi connectivity index (χ4n) is 1.02. The van der Waals surface area contributed by atoms with Crippen LogP contribution in [0.3, 0.4) is 0 Å². The Kier molecular flexibility index (Phi) is 3.15. The van der Waals surface area contributed by atoms with E-state index in [9.17, 15) is 0 Å². The molecule has 0 radical (unpaired) electrons. The Labute approximate surface area is 98.3 Å². The van der Waals surface area contributed by atoms with Crippen LogP contribution < -0.4 is 5.32 Å². The van der Waals surface area contributed by atoms with Crippen molar-refractivity contribution in [1.82, 2.24) is 10.2 Å². The number of anilines is 1. The number of thiophene rings is 1. The SMILES string of the molecule is Cc1csc(CNc2nnc(Br)s2)c1. The summed E-state index contributed by atoms with van der Waals surface area (Å²) in [5.74, 6) is 0. The molecule has 2 heterocycles. The largest absolute Gasteiger partial charge is 0.355 e. The first-order valence-corrected chi connectivity index (χ1v) is 6.50. The second-order valence-electron chi connectivity index (χ2n) is 2.80. The van der Waals surface area contributed by atoms with Gasteiger partial charge in [0.1, 0.15) is 0 Å². The lowest BCUT2D eigenvalue weighted by molar-refractivity contribution is 1.05. The molecule has 1 N–H and O–H groups in total. The van der Waals surface area contributed by atoms with Gasteiger partial charge in [0.25, 0.3) is 0 Å². The molecule has 0 fully saturated rings. The summed E-state index contributed by atoms with van der Waals surface area (Å²) in [6, 6.07) is 2.17. The van der Waals surface area contributed by atoms with Crippen molar-refractivity contribution >= 4 is 43.7 Å². The van der Waals surface area contributed by atoms with E-state index in [1.165, 1.54) is 21.8 Å². The maximum atomic E-state index is 3.95. The van der Waals surface area contributed by atoms with Crippen molar-refractivity contribution in [2.75, 3.05) is 5.32 Å². The van der Waals surface area contributed by atoms with Gasteiger partial charge in [0.2, 0.25) is 5.13 Å². The number of hydrogen-bond donors (Lipinski definition) is 1. The summed E-state index contributed by atoms with van der Waals surface area (Å²) in [7, 11) is 0. The Morgan fingerprint density at radius 2 is 2.36 bits per heavy atom. The van der Waals surface area contributed by atoms with Gasteiger partial charge >= 0.3 is 0 Å². The van der Waals surface area contributed by atoms with Crippen LogP contribution in [0.25, 0.3) is 0 Å². The Bertz CT molecular complexity index is 383. The average molecular weight is 290 g/mol. The van der Waals surface area contributed by atoms with Crippen LogP contribution >= 0.6 is 38.6 Å². The summed E-state index contributed by atoms with van der Waals surface area (Å²) in [4.78, 5) is 1.31. The first-order valence-electron chi connectivity index (χ1n) is 4.01. The van der Waals surface area contributed by atoms with E-state index in [0.717, 1.165) is 15.6 Å². The van der Waals surface area contributed by atoms with Crippen molar-refractivity contribution in [3.8, 4) is 0 Å². The fourth-order valence-corrected chi connectivity index (χ4v) is 2.84. The van der Waals surface area contributed by atoms with Crippen LogP contribution in [0.5, 0.6) is 0 Å². The summed E-state index contributed by atoms with van der Waals surface area (Å²) in [5.41, 5.74) is 1.31. The van der Waals surface area contributed by atoms with Crippen molar-refractivity contribution in [1.29, 1.82) is 0 Å². The molecule has 0 aromatic carbocycles. The highest BCUT2D eigenvalue weighted by molar-refractivity contribution is 9.11. The van der Waals surface area contributed by atoms with E-state index < -0.39 is 0 Å². The molecule has 6 heteroatoms. The minimum Gasteiger partial charge on any atom is -0.355 e. The van der Waals surface area contributed by atoms with Crippen molar-refractivity contribution in [3.05, 3.63) is 25.8 Å². The number of rotatable bonds is 3. The number of hydrogen-bond acceptors (Lipinski definition) is 5. The molecule has 2 rings (SSSR count). The van der Waals surface area contributed by atoms with Crippen LogP contribution in [0.15, 0.2) is 15.4 Å². The molecule has 2 aromatic heterocycles. The average Bonchev–Trinajstić information content (AvgIpc) is 2.72. The second-order valence-corrected chi connectivity index (χ2v) is 6.05. The molecule has 0 amide bonds. The number of aromatic nitrogens is 2. The zero-order valence-electron chi connectivity index (χ0n) is 7.45. The van der Waals surface area contributed by atoms with E-state index >= 15 is 0 Å². The summed E-state index contributed by atoms with van der Waals surface area (Å²) in [5, 5.41) is 14.0. The molecule has 0 aliphatic rings. The second kappa shape index (κ2) is 4.37. The molecule has 0 unspecified atom stereocenters. The first-order chi connectivity index (χ1) is 6.74. The fraction of sp³-hybridized carbons (Fsp3) is 0.250. The van der Waals surface area contributed by atoms with Crippen molar-refractivity contribution in [2.45, 2.75) is 13.5 Å². The van der Waals surface area contributed by atoms with Crippen LogP contribution in [0.1, 0.15) is 10.4 Å². The third kappa shape index (κ3) is 2.52. The lowest BCUT2D eigenvalue weighted by Crippen LogP contribution is -1.96. The van der Waals surface area contributed by atoms with E-state index in [1.54, 1.807) is 11.3 Å². The van der Waals surface area contributed by atoms with Crippen LogP contribution in [-0.2, 0) is 6.54 Å². The van der Waals surface area contributed by atoms with Gasteiger partial charge in [0, 0.05) is 4.88 Å². The van der Waals surface area contributed by atoms with E-state index in [1.807, 2.05) is 0 Å².